The van der Waals surface area contributed by atoms with E-state index in [0.717, 1.165) is 5.56 Å². The van der Waals surface area contributed by atoms with Crippen molar-refractivity contribution in [2.75, 3.05) is 0 Å². The van der Waals surface area contributed by atoms with Crippen LogP contribution in [0.15, 0.2) is 54.6 Å². The highest BCUT2D eigenvalue weighted by molar-refractivity contribution is 5.94. The summed E-state index contributed by atoms with van der Waals surface area (Å²) in [6.45, 7) is 3.44. The van der Waals surface area contributed by atoms with Gasteiger partial charge in [-0.15, -0.1) is 0 Å². The first-order chi connectivity index (χ1) is 19.4. The average molecular weight is 570 g/mol. The number of carbonyl (C=O) groups is 5. The summed E-state index contributed by atoms with van der Waals surface area (Å²) in [4.78, 5) is 62.8. The molecule has 12 heteroatoms. The number of carboxylic acids is 1. The quantitative estimate of drug-likeness (QED) is 0.149. The van der Waals surface area contributed by atoms with Crippen LogP contribution in [0, 0.1) is 5.92 Å². The van der Waals surface area contributed by atoms with Crippen LogP contribution >= 0.6 is 0 Å². The van der Waals surface area contributed by atoms with Crippen LogP contribution in [0.4, 0.5) is 0 Å². The van der Waals surface area contributed by atoms with Gasteiger partial charge in [-0.05, 0) is 42.0 Å². The van der Waals surface area contributed by atoms with Crippen LogP contribution in [0.3, 0.4) is 0 Å². The Kier molecular flexibility index (Phi) is 12.8. The minimum atomic E-state index is -1.31. The van der Waals surface area contributed by atoms with E-state index in [9.17, 15) is 34.2 Å². The Hall–Kier alpha value is -4.45. The lowest BCUT2D eigenvalue weighted by Crippen LogP contribution is -2.58. The van der Waals surface area contributed by atoms with Gasteiger partial charge in [-0.2, -0.15) is 0 Å². The fourth-order valence-electron chi connectivity index (χ4n) is 4.08. The number of primary amides is 1. The van der Waals surface area contributed by atoms with Gasteiger partial charge < -0.3 is 37.6 Å². The van der Waals surface area contributed by atoms with Crippen molar-refractivity contribution >= 4 is 29.6 Å². The second kappa shape index (κ2) is 16.0. The number of aliphatic carboxylic acids is 1. The maximum atomic E-state index is 13.5. The summed E-state index contributed by atoms with van der Waals surface area (Å²) >= 11 is 0. The fourth-order valence-corrected chi connectivity index (χ4v) is 4.08. The zero-order valence-corrected chi connectivity index (χ0v) is 23.2. The van der Waals surface area contributed by atoms with E-state index in [-0.39, 0.29) is 31.4 Å². The van der Waals surface area contributed by atoms with Gasteiger partial charge in [-0.1, -0.05) is 62.7 Å². The molecule has 9 N–H and O–H groups in total. The number of amides is 4. The topological polar surface area (TPSA) is 214 Å². The molecule has 2 aromatic carbocycles. The van der Waals surface area contributed by atoms with E-state index in [0.29, 0.717) is 12.0 Å². The molecule has 0 bridgehead atoms. The molecule has 2 aromatic rings. The predicted molar refractivity (Wildman–Crippen MR) is 151 cm³/mol. The molecule has 4 amide bonds. The summed E-state index contributed by atoms with van der Waals surface area (Å²) in [6, 6.07) is 10.4. The highest BCUT2D eigenvalue weighted by Gasteiger charge is 2.32. The van der Waals surface area contributed by atoms with Gasteiger partial charge in [0, 0.05) is 12.8 Å². The van der Waals surface area contributed by atoms with Gasteiger partial charge in [0.15, 0.2) is 0 Å². The van der Waals surface area contributed by atoms with Gasteiger partial charge in [0.2, 0.25) is 23.6 Å². The van der Waals surface area contributed by atoms with Gasteiger partial charge in [-0.3, -0.25) is 19.2 Å². The summed E-state index contributed by atoms with van der Waals surface area (Å²) in [5.74, 6) is -4.50. The third-order valence-electron chi connectivity index (χ3n) is 6.73. The van der Waals surface area contributed by atoms with Crippen molar-refractivity contribution < 1.29 is 34.2 Å². The molecule has 41 heavy (non-hydrogen) atoms. The standard InChI is InChI=1S/C29H39N5O7/c1-3-17(2)25(29(40)41)34-27(38)22(13-14-24(31)36)32-28(39)23(16-19-9-11-20(35)12-10-19)33-26(37)21(30)15-18-7-5-4-6-8-18/h4-12,17,21-23,25,35H,3,13-16,30H2,1-2H3,(H2,31,36)(H,32,39)(H,33,37)(H,34,38)(H,40,41). The Morgan fingerprint density at radius 1 is 0.805 bits per heavy atom. The van der Waals surface area contributed by atoms with Crippen LogP contribution < -0.4 is 27.4 Å². The molecule has 0 spiro atoms. The molecule has 12 nitrogen and oxygen atoms in total. The molecule has 5 unspecified atom stereocenters. The van der Waals surface area contributed by atoms with Crippen molar-refractivity contribution in [3.05, 3.63) is 65.7 Å². The van der Waals surface area contributed by atoms with E-state index >= 15 is 0 Å². The van der Waals surface area contributed by atoms with E-state index in [2.05, 4.69) is 16.0 Å². The first-order valence-corrected chi connectivity index (χ1v) is 13.4. The second-order valence-corrected chi connectivity index (χ2v) is 10.0. The average Bonchev–Trinajstić information content (AvgIpc) is 2.94. The zero-order valence-electron chi connectivity index (χ0n) is 23.2. The molecule has 0 saturated heterocycles. The summed E-state index contributed by atoms with van der Waals surface area (Å²) in [5, 5.41) is 26.8. The number of phenols is 1. The Labute approximate surface area is 238 Å². The molecule has 222 valence electrons. The van der Waals surface area contributed by atoms with Crippen LogP contribution in [0.5, 0.6) is 5.75 Å². The van der Waals surface area contributed by atoms with Crippen molar-refractivity contribution in [3.63, 3.8) is 0 Å². The van der Waals surface area contributed by atoms with Crippen LogP contribution in [0.1, 0.15) is 44.2 Å². The SMILES string of the molecule is CCC(C)C(NC(=O)C(CCC(N)=O)NC(=O)C(Cc1ccc(O)cc1)NC(=O)C(N)Cc1ccccc1)C(=O)O. The fraction of sp³-hybridized carbons (Fsp3) is 0.414. The molecule has 0 radical (unpaired) electrons. The van der Waals surface area contributed by atoms with E-state index in [1.807, 2.05) is 30.3 Å². The molecule has 0 fully saturated rings. The minimum absolute atomic E-state index is 0.00924. The lowest BCUT2D eigenvalue weighted by Gasteiger charge is -2.26. The molecular formula is C29H39N5O7. The van der Waals surface area contributed by atoms with Crippen molar-refractivity contribution in [3.8, 4) is 5.75 Å². The smallest absolute Gasteiger partial charge is 0.326 e. The van der Waals surface area contributed by atoms with Crippen LogP contribution in [0.25, 0.3) is 0 Å². The van der Waals surface area contributed by atoms with E-state index in [1.165, 1.54) is 12.1 Å². The Morgan fingerprint density at radius 2 is 1.37 bits per heavy atom. The molecular weight excluding hydrogens is 530 g/mol. The van der Waals surface area contributed by atoms with E-state index in [1.54, 1.807) is 26.0 Å². The largest absolute Gasteiger partial charge is 0.508 e. The minimum Gasteiger partial charge on any atom is -0.508 e. The van der Waals surface area contributed by atoms with Gasteiger partial charge in [0.25, 0.3) is 0 Å². The number of nitrogens with one attached hydrogen (secondary N) is 3. The number of benzene rings is 2. The van der Waals surface area contributed by atoms with Crippen molar-refractivity contribution in [2.24, 2.45) is 17.4 Å². The monoisotopic (exact) mass is 569 g/mol. The summed E-state index contributed by atoms with van der Waals surface area (Å²) in [5.41, 5.74) is 12.8. The molecule has 0 aliphatic rings. The number of hydrogen-bond acceptors (Lipinski definition) is 7. The van der Waals surface area contributed by atoms with Gasteiger partial charge >= 0.3 is 5.97 Å². The number of aromatic hydroxyl groups is 1. The number of nitrogens with two attached hydrogens (primary N) is 2. The highest BCUT2D eigenvalue weighted by atomic mass is 16.4. The molecule has 0 aliphatic carbocycles. The normalized spacial score (nSPS) is 14.5. The van der Waals surface area contributed by atoms with Crippen LogP contribution in [-0.4, -0.2) is 64.0 Å². The third kappa shape index (κ3) is 10.9. The Bertz CT molecular complexity index is 1190. The van der Waals surface area contributed by atoms with Crippen molar-refractivity contribution in [1.82, 2.24) is 16.0 Å². The number of rotatable bonds is 16. The van der Waals surface area contributed by atoms with Gasteiger partial charge in [0.05, 0.1) is 6.04 Å². The number of carbonyl (C=O) groups excluding carboxylic acids is 4. The molecule has 0 aliphatic heterocycles. The molecule has 0 aromatic heterocycles. The molecule has 2 rings (SSSR count). The molecule has 0 heterocycles. The number of carboxylic acid groups (broad SMARTS) is 1. The third-order valence-corrected chi connectivity index (χ3v) is 6.73. The predicted octanol–water partition coefficient (Wildman–Crippen LogP) is 0.355. The lowest BCUT2D eigenvalue weighted by atomic mass is 9.98. The summed E-state index contributed by atoms with van der Waals surface area (Å²) in [7, 11) is 0. The summed E-state index contributed by atoms with van der Waals surface area (Å²) in [6.07, 6.45) is 0.240. The maximum absolute atomic E-state index is 13.5. The maximum Gasteiger partial charge on any atom is 0.326 e. The van der Waals surface area contributed by atoms with Crippen molar-refractivity contribution in [1.29, 1.82) is 0 Å². The van der Waals surface area contributed by atoms with Crippen molar-refractivity contribution in [2.45, 2.75) is 70.1 Å². The summed E-state index contributed by atoms with van der Waals surface area (Å²) < 4.78 is 0. The molecule has 5 atom stereocenters. The highest BCUT2D eigenvalue weighted by Crippen LogP contribution is 2.13. The Morgan fingerprint density at radius 3 is 1.93 bits per heavy atom. The first kappa shape index (κ1) is 32.8. The van der Waals surface area contributed by atoms with Crippen LogP contribution in [-0.2, 0) is 36.8 Å². The molecule has 0 saturated carbocycles. The van der Waals surface area contributed by atoms with Crippen LogP contribution in [0.2, 0.25) is 0 Å². The van der Waals surface area contributed by atoms with Gasteiger partial charge in [0.1, 0.15) is 23.9 Å². The number of phenolic OH excluding ortho intramolecular Hbond substituents is 1. The first-order valence-electron chi connectivity index (χ1n) is 13.4. The second-order valence-electron chi connectivity index (χ2n) is 10.0. The zero-order chi connectivity index (χ0) is 30.5. The Balaban J connectivity index is 2.26. The lowest BCUT2D eigenvalue weighted by molar-refractivity contribution is -0.144. The van der Waals surface area contributed by atoms with Gasteiger partial charge in [-0.25, -0.2) is 4.79 Å². The van der Waals surface area contributed by atoms with E-state index < -0.39 is 59.7 Å². The number of hydrogen-bond donors (Lipinski definition) is 7. The van der Waals surface area contributed by atoms with E-state index in [4.69, 9.17) is 11.5 Å².